The van der Waals surface area contributed by atoms with Gasteiger partial charge in [-0.3, -0.25) is 24.7 Å². The highest BCUT2D eigenvalue weighted by molar-refractivity contribution is 6.63. The number of H-pyrrole nitrogens is 1. The molecule has 0 saturated carbocycles. The monoisotopic (exact) mass is 801 g/mol. The van der Waals surface area contributed by atoms with Crippen LogP contribution in [-0.4, -0.2) is 75.6 Å². The molecule has 6 rings (SSSR count). The van der Waals surface area contributed by atoms with Gasteiger partial charge in [0.2, 0.25) is 11.1 Å². The second-order valence-electron chi connectivity index (χ2n) is 12.2. The Balaban J connectivity index is 0.000000305. The minimum Gasteiger partial charge on any atom is -0.304 e. The van der Waals surface area contributed by atoms with Crippen molar-refractivity contribution in [1.29, 1.82) is 0 Å². The van der Waals surface area contributed by atoms with Crippen molar-refractivity contribution in [2.75, 3.05) is 19.6 Å². The Morgan fingerprint density at radius 1 is 0.702 bits per heavy atom. The lowest BCUT2D eigenvalue weighted by molar-refractivity contribution is -0.111. The number of pyridine rings is 2. The summed E-state index contributed by atoms with van der Waals surface area (Å²) in [6.07, 6.45) is 10.0. The number of carbonyl (C=O) groups excluding carboxylic acids is 2. The Morgan fingerprint density at radius 3 is 1.67 bits per heavy atom. The number of aryl methyl sites for hydroxylation is 4. The van der Waals surface area contributed by atoms with Crippen LogP contribution in [0.15, 0.2) is 97.6 Å². The standard InChI is InChI=1S/C18H17FN4O.C15H13FN4.C6H15N.C3H5ClO.CH4/c1-2-17(24)23-16(9-8-13-5-3-7-15(19)11-13)21-18(22-23)14-6-4-10-20-12-14;16-13-5-1-3-11(9-13)6-7-14-18-15(20-19-14)12-4-2-8-17-10-12;1-4-7(5-2)6-3;1-2-3(4)5;/h3-7,10-12H,2,8-9H2,1H3;1-5,8-10H,6-7H2,(H,18,19,20);4-6H2,1-3H3;2H2,1H3;1H4. The second-order valence-corrected chi connectivity index (χ2v) is 12.6. The maximum Gasteiger partial charge on any atom is 0.248 e. The van der Waals surface area contributed by atoms with Crippen molar-refractivity contribution in [3.8, 4) is 22.8 Å². The number of nitrogens with one attached hydrogen (secondary N) is 1. The Bertz CT molecular complexity index is 2030. The highest BCUT2D eigenvalue weighted by Gasteiger charge is 2.16. The molecule has 6 aromatic rings. The van der Waals surface area contributed by atoms with E-state index in [4.69, 9.17) is 11.6 Å². The SMILES string of the molecule is C.CCC(=O)Cl.CCC(=O)n1nc(-c2cccnc2)nc1CCc1cccc(F)c1.CCN(CC)CC.Fc1cccc(CCc2nc(-c3cccnc3)n[nH]2)c1. The fourth-order valence-electron chi connectivity index (χ4n) is 5.08. The smallest absolute Gasteiger partial charge is 0.248 e. The van der Waals surface area contributed by atoms with Crippen molar-refractivity contribution < 1.29 is 18.4 Å². The first-order chi connectivity index (χ1) is 27.1. The number of aromatic nitrogens is 8. The third kappa shape index (κ3) is 17.0. The van der Waals surface area contributed by atoms with E-state index in [-0.39, 0.29) is 30.2 Å². The summed E-state index contributed by atoms with van der Waals surface area (Å²) in [6, 6.07) is 20.4. The highest BCUT2D eigenvalue weighted by atomic mass is 35.5. The first kappa shape index (κ1) is 47.6. The molecule has 0 saturated heterocycles. The number of hydrogen-bond acceptors (Lipinski definition) is 9. The van der Waals surface area contributed by atoms with Crippen molar-refractivity contribution in [3.05, 3.63) is 132 Å². The summed E-state index contributed by atoms with van der Waals surface area (Å²) in [5, 5.41) is 11.1. The molecule has 0 atom stereocenters. The summed E-state index contributed by atoms with van der Waals surface area (Å²) in [5.74, 6) is 1.86. The molecule has 11 nitrogen and oxygen atoms in total. The van der Waals surface area contributed by atoms with Gasteiger partial charge in [-0.25, -0.2) is 18.7 Å². The fraction of sp³-hybridized carbons (Fsp3) is 0.349. The molecule has 0 aliphatic rings. The number of benzene rings is 2. The van der Waals surface area contributed by atoms with Gasteiger partial charge in [0, 0.05) is 61.6 Å². The molecule has 0 aliphatic heterocycles. The molecule has 4 aromatic heterocycles. The number of halogens is 3. The van der Waals surface area contributed by atoms with E-state index in [1.165, 1.54) is 42.5 Å². The minimum atomic E-state index is -0.273. The van der Waals surface area contributed by atoms with Gasteiger partial charge in [-0.2, -0.15) is 9.78 Å². The van der Waals surface area contributed by atoms with Crippen molar-refractivity contribution in [2.24, 2.45) is 0 Å². The van der Waals surface area contributed by atoms with E-state index in [2.05, 4.69) is 60.9 Å². The second kappa shape index (κ2) is 26.3. The molecule has 304 valence electrons. The van der Waals surface area contributed by atoms with E-state index in [0.717, 1.165) is 34.5 Å². The zero-order valence-electron chi connectivity index (χ0n) is 32.6. The van der Waals surface area contributed by atoms with Crippen LogP contribution in [0.2, 0.25) is 0 Å². The van der Waals surface area contributed by atoms with Gasteiger partial charge in [-0.1, -0.05) is 66.3 Å². The quantitative estimate of drug-likeness (QED) is 0.113. The number of aromatic amines is 1. The molecule has 0 fully saturated rings. The predicted octanol–water partition coefficient (Wildman–Crippen LogP) is 9.25. The van der Waals surface area contributed by atoms with Crippen molar-refractivity contribution in [1.82, 2.24) is 44.8 Å². The Hall–Kier alpha value is -5.53. The number of rotatable bonds is 13. The van der Waals surface area contributed by atoms with E-state index in [0.29, 0.717) is 49.6 Å². The minimum absolute atomic E-state index is 0. The normalized spacial score (nSPS) is 10.2. The Morgan fingerprint density at radius 2 is 1.23 bits per heavy atom. The highest BCUT2D eigenvalue weighted by Crippen LogP contribution is 2.17. The van der Waals surface area contributed by atoms with Crippen LogP contribution in [0.1, 0.15) is 82.5 Å². The maximum atomic E-state index is 13.3. The van der Waals surface area contributed by atoms with Crippen LogP contribution in [-0.2, 0) is 30.5 Å². The lowest BCUT2D eigenvalue weighted by Gasteiger charge is -2.13. The van der Waals surface area contributed by atoms with Crippen molar-refractivity contribution in [2.45, 2.75) is 80.6 Å². The molecule has 0 spiro atoms. The molecule has 1 N–H and O–H groups in total. The molecule has 57 heavy (non-hydrogen) atoms. The van der Waals surface area contributed by atoms with Gasteiger partial charge < -0.3 is 4.90 Å². The Kier molecular flexibility index (Phi) is 22.0. The average Bonchev–Trinajstić information content (AvgIpc) is 3.89. The summed E-state index contributed by atoms with van der Waals surface area (Å²) >= 11 is 4.82. The Labute approximate surface area is 340 Å². The predicted molar refractivity (Wildman–Crippen MR) is 223 cm³/mol. The first-order valence-electron chi connectivity index (χ1n) is 18.7. The zero-order valence-corrected chi connectivity index (χ0v) is 33.4. The van der Waals surface area contributed by atoms with Crippen LogP contribution in [0.25, 0.3) is 22.8 Å². The summed E-state index contributed by atoms with van der Waals surface area (Å²) in [5.41, 5.74) is 3.44. The molecule has 14 heteroatoms. The van der Waals surface area contributed by atoms with Crippen molar-refractivity contribution in [3.63, 3.8) is 0 Å². The zero-order chi connectivity index (χ0) is 40.7. The van der Waals surface area contributed by atoms with E-state index in [9.17, 15) is 18.4 Å². The number of hydrogen-bond donors (Lipinski definition) is 1. The van der Waals surface area contributed by atoms with Crippen LogP contribution >= 0.6 is 11.6 Å². The molecule has 0 unspecified atom stereocenters. The van der Waals surface area contributed by atoms with E-state index in [1.54, 1.807) is 62.9 Å². The van der Waals surface area contributed by atoms with Gasteiger partial charge in [-0.15, -0.1) is 5.10 Å². The van der Waals surface area contributed by atoms with Gasteiger partial charge >= 0.3 is 0 Å². The van der Waals surface area contributed by atoms with Gasteiger partial charge in [0.05, 0.1) is 0 Å². The summed E-state index contributed by atoms with van der Waals surface area (Å²) < 4.78 is 27.7. The lowest BCUT2D eigenvalue weighted by atomic mass is 10.1. The van der Waals surface area contributed by atoms with E-state index >= 15 is 0 Å². The van der Waals surface area contributed by atoms with Crippen LogP contribution in [0.5, 0.6) is 0 Å². The first-order valence-corrected chi connectivity index (χ1v) is 19.1. The summed E-state index contributed by atoms with van der Waals surface area (Å²) in [6.45, 7) is 13.6. The molecule has 0 amide bonds. The average molecular weight is 802 g/mol. The fourth-order valence-corrected chi connectivity index (χ4v) is 5.08. The molecule has 0 aliphatic carbocycles. The summed E-state index contributed by atoms with van der Waals surface area (Å²) in [4.78, 5) is 41.1. The van der Waals surface area contributed by atoms with Gasteiger partial charge in [-0.05, 0) is 104 Å². The van der Waals surface area contributed by atoms with Gasteiger partial charge in [0.1, 0.15) is 23.3 Å². The topological polar surface area (TPSA) is 135 Å². The third-order valence-corrected chi connectivity index (χ3v) is 8.54. The van der Waals surface area contributed by atoms with Crippen LogP contribution in [0, 0.1) is 11.6 Å². The maximum absolute atomic E-state index is 13.3. The third-order valence-electron chi connectivity index (χ3n) is 8.27. The summed E-state index contributed by atoms with van der Waals surface area (Å²) in [7, 11) is 0. The molecular weight excluding hydrogens is 748 g/mol. The van der Waals surface area contributed by atoms with Crippen LogP contribution in [0.3, 0.4) is 0 Å². The van der Waals surface area contributed by atoms with Crippen molar-refractivity contribution >= 4 is 22.8 Å². The lowest BCUT2D eigenvalue weighted by Crippen LogP contribution is -2.21. The van der Waals surface area contributed by atoms with E-state index < -0.39 is 0 Å². The van der Waals surface area contributed by atoms with Crippen LogP contribution in [0.4, 0.5) is 8.78 Å². The number of carbonyl (C=O) groups is 2. The molecule has 4 heterocycles. The molecule has 0 bridgehead atoms. The van der Waals surface area contributed by atoms with Gasteiger partial charge in [0.15, 0.2) is 11.6 Å². The largest absolute Gasteiger partial charge is 0.304 e. The molecular formula is C43H54ClF2N9O2. The molecule has 0 radical (unpaired) electrons. The van der Waals surface area contributed by atoms with Gasteiger partial charge in [0.25, 0.3) is 0 Å². The van der Waals surface area contributed by atoms with Crippen LogP contribution < -0.4 is 0 Å². The van der Waals surface area contributed by atoms with E-state index in [1.807, 2.05) is 30.3 Å². The number of nitrogens with zero attached hydrogens (tertiary/aromatic N) is 8. The molecule has 2 aromatic carbocycles.